The van der Waals surface area contributed by atoms with Crippen LogP contribution in [0.3, 0.4) is 0 Å². The van der Waals surface area contributed by atoms with Crippen LogP contribution in [-0.4, -0.2) is 143 Å². The predicted molar refractivity (Wildman–Crippen MR) is 265 cm³/mol. The highest BCUT2D eigenvalue weighted by molar-refractivity contribution is 5.79. The van der Waals surface area contributed by atoms with E-state index in [1.807, 2.05) is 41.3 Å². The zero-order valence-electron chi connectivity index (χ0n) is 41.4. The van der Waals surface area contributed by atoms with Crippen LogP contribution in [0.25, 0.3) is 5.69 Å². The number of aliphatic hydroxyl groups is 1. The number of nitrogens with one attached hydrogen (secondary N) is 2. The molecule has 4 aliphatic rings. The lowest BCUT2D eigenvalue weighted by molar-refractivity contribution is -0.140. The number of hydrogen-bond acceptors (Lipinski definition) is 11. The molecule has 3 saturated heterocycles. The van der Waals surface area contributed by atoms with Crippen molar-refractivity contribution >= 4 is 35.2 Å². The van der Waals surface area contributed by atoms with Gasteiger partial charge in [0.15, 0.2) is 0 Å². The Bertz CT molecular complexity index is 2000. The van der Waals surface area contributed by atoms with Gasteiger partial charge in [0.1, 0.15) is 5.82 Å². The highest BCUT2D eigenvalue weighted by Crippen LogP contribution is 2.25. The minimum Gasteiger partial charge on any atom is -0.469 e. The summed E-state index contributed by atoms with van der Waals surface area (Å²) < 4.78 is 6.65. The molecule has 0 radical (unpaired) electrons. The van der Waals surface area contributed by atoms with E-state index < -0.39 is 0 Å². The normalized spacial score (nSPS) is 18.0. The van der Waals surface area contributed by atoms with Gasteiger partial charge >= 0.3 is 5.97 Å². The number of amides is 3. The molecular formula is C52H81N9O6. The molecular weight excluding hydrogens is 847 g/mol. The lowest BCUT2D eigenvalue weighted by Crippen LogP contribution is -2.48. The summed E-state index contributed by atoms with van der Waals surface area (Å²) >= 11 is 0. The molecule has 0 aliphatic carbocycles. The molecule has 0 bridgehead atoms. The maximum Gasteiger partial charge on any atom is 0.305 e. The third-order valence-electron chi connectivity index (χ3n) is 13.4. The van der Waals surface area contributed by atoms with E-state index in [1.165, 1.54) is 37.6 Å². The number of aromatic nitrogens is 3. The van der Waals surface area contributed by atoms with Gasteiger partial charge in [0.05, 0.1) is 31.1 Å². The highest BCUT2D eigenvalue weighted by atomic mass is 16.5. The third kappa shape index (κ3) is 16.9. The Balaban J connectivity index is 0.000000274. The number of likely N-dealkylation sites (tertiary alicyclic amines) is 2. The van der Waals surface area contributed by atoms with Crippen molar-refractivity contribution in [1.29, 1.82) is 0 Å². The number of anilines is 2. The number of hydrogen-bond donors (Lipinski definition) is 3. The molecule has 2 aromatic heterocycles. The number of esters is 1. The van der Waals surface area contributed by atoms with E-state index in [1.54, 1.807) is 0 Å². The number of methoxy groups -OCH3 is 1. The smallest absolute Gasteiger partial charge is 0.305 e. The molecule has 1 aromatic carbocycles. The van der Waals surface area contributed by atoms with Crippen molar-refractivity contribution in [1.82, 2.24) is 34.8 Å². The molecule has 4 aliphatic heterocycles. The first-order valence-corrected chi connectivity index (χ1v) is 25.5. The number of carbonyl (C=O) groups excluding carboxylic acids is 4. The van der Waals surface area contributed by atoms with Gasteiger partial charge in [0.25, 0.3) is 0 Å². The van der Waals surface area contributed by atoms with Crippen LogP contribution in [0.2, 0.25) is 0 Å². The van der Waals surface area contributed by atoms with Crippen LogP contribution in [0, 0.1) is 19.8 Å². The van der Waals surface area contributed by atoms with Crippen molar-refractivity contribution in [3.63, 3.8) is 0 Å². The van der Waals surface area contributed by atoms with E-state index in [0.717, 1.165) is 132 Å². The summed E-state index contributed by atoms with van der Waals surface area (Å²) in [6, 6.07) is 14.9. The Labute approximate surface area is 400 Å². The average Bonchev–Trinajstić information content (AvgIpc) is 4.12. The number of carbonyl (C=O) groups is 4. The van der Waals surface area contributed by atoms with E-state index in [4.69, 9.17) is 9.72 Å². The Morgan fingerprint density at radius 3 is 2.39 bits per heavy atom. The van der Waals surface area contributed by atoms with Crippen LogP contribution in [0.4, 0.5) is 11.5 Å². The summed E-state index contributed by atoms with van der Waals surface area (Å²) in [5.74, 6) is 1.98. The fraction of sp³-hybridized carbons (Fsp3) is 0.654. The second-order valence-electron chi connectivity index (χ2n) is 18.3. The number of aliphatic hydroxyl groups excluding tert-OH is 1. The Morgan fingerprint density at radius 1 is 0.836 bits per heavy atom. The van der Waals surface area contributed by atoms with E-state index in [2.05, 4.69) is 68.9 Å². The van der Waals surface area contributed by atoms with E-state index in [0.29, 0.717) is 51.7 Å². The van der Waals surface area contributed by atoms with Gasteiger partial charge < -0.3 is 40.1 Å². The van der Waals surface area contributed by atoms with Gasteiger partial charge in [-0.05, 0) is 139 Å². The number of pyridine rings is 1. The minimum atomic E-state index is -0.0992. The summed E-state index contributed by atoms with van der Waals surface area (Å²) in [6.45, 7) is 16.7. The largest absolute Gasteiger partial charge is 0.469 e. The minimum absolute atomic E-state index is 0.0106. The number of ether oxygens (including phenoxy) is 1. The summed E-state index contributed by atoms with van der Waals surface area (Å²) in [5, 5.41) is 20.3. The van der Waals surface area contributed by atoms with Gasteiger partial charge in [-0.25, -0.2) is 9.67 Å². The van der Waals surface area contributed by atoms with Crippen LogP contribution in [0.15, 0.2) is 42.5 Å². The summed E-state index contributed by atoms with van der Waals surface area (Å²) in [5.41, 5.74) is 6.84. The molecule has 3 fully saturated rings. The first kappa shape index (κ1) is 52.9. The quantitative estimate of drug-likeness (QED) is 0.0822. The molecule has 2 atom stereocenters. The van der Waals surface area contributed by atoms with Crippen LogP contribution < -0.4 is 15.5 Å². The molecule has 0 saturated carbocycles. The van der Waals surface area contributed by atoms with Crippen molar-refractivity contribution in [2.45, 2.75) is 136 Å². The number of nitrogens with zero attached hydrogens (tertiary/aromatic N) is 7. The number of benzene rings is 1. The van der Waals surface area contributed by atoms with Gasteiger partial charge in [-0.15, -0.1) is 0 Å². The Hall–Kier alpha value is -5.02. The number of rotatable bonds is 20. The van der Waals surface area contributed by atoms with Crippen LogP contribution in [0.1, 0.15) is 126 Å². The second kappa shape index (κ2) is 28.3. The fourth-order valence-corrected chi connectivity index (χ4v) is 9.64. The van der Waals surface area contributed by atoms with Gasteiger partial charge in [0, 0.05) is 95.1 Å². The molecule has 67 heavy (non-hydrogen) atoms. The molecule has 370 valence electrons. The predicted octanol–water partition coefficient (Wildman–Crippen LogP) is 6.64. The van der Waals surface area contributed by atoms with Crippen molar-refractivity contribution < 1.29 is 29.0 Å². The molecule has 2 unspecified atom stereocenters. The molecule has 7 rings (SSSR count). The number of unbranched alkanes of at least 4 members (excludes halogenated alkanes) is 2. The van der Waals surface area contributed by atoms with Crippen LogP contribution >= 0.6 is 0 Å². The molecule has 3 N–H and O–H groups in total. The zero-order chi connectivity index (χ0) is 48.0. The van der Waals surface area contributed by atoms with Gasteiger partial charge in [0.2, 0.25) is 17.7 Å². The molecule has 3 amide bonds. The molecule has 0 spiro atoms. The van der Waals surface area contributed by atoms with Gasteiger partial charge in [-0.3, -0.25) is 19.2 Å². The maximum absolute atomic E-state index is 12.7. The summed E-state index contributed by atoms with van der Waals surface area (Å²) in [7, 11) is 1.46. The van der Waals surface area contributed by atoms with Crippen molar-refractivity contribution in [3.05, 3.63) is 65.1 Å². The number of fused-ring (bicyclic) bond motifs is 1. The number of piperazine rings is 1. The zero-order valence-corrected chi connectivity index (χ0v) is 41.4. The maximum atomic E-state index is 12.7. The Kier molecular flexibility index (Phi) is 22.4. The topological polar surface area (TPSA) is 165 Å². The van der Waals surface area contributed by atoms with Gasteiger partial charge in [-0.1, -0.05) is 32.4 Å². The van der Waals surface area contributed by atoms with Crippen LogP contribution in [-0.2, 0) is 36.8 Å². The molecule has 15 nitrogen and oxygen atoms in total. The third-order valence-corrected chi connectivity index (χ3v) is 13.4. The monoisotopic (exact) mass is 928 g/mol. The van der Waals surface area contributed by atoms with Crippen molar-refractivity contribution in [2.75, 3.05) is 89.4 Å². The number of aryl methyl sites for hydroxylation is 4. The SMILES string of the molecule is CC.COC(=O)CCCN1CCC(CCc2ccc3c(n2)NCCC3)C1.Cc1cc(C)n(-c2cccc(N3CCN(C(=O)CCCC(=O)NCCCCCC(=O)N4CCCC4CO)CC3)c2)n1. The molecule has 15 heteroatoms. The first-order valence-electron chi connectivity index (χ1n) is 25.5. The second-order valence-corrected chi connectivity index (χ2v) is 18.3. The van der Waals surface area contributed by atoms with Crippen LogP contribution in [0.5, 0.6) is 0 Å². The van der Waals surface area contributed by atoms with E-state index in [9.17, 15) is 24.3 Å². The molecule has 6 heterocycles. The van der Waals surface area contributed by atoms with E-state index in [-0.39, 0.29) is 36.3 Å². The van der Waals surface area contributed by atoms with E-state index >= 15 is 0 Å². The fourth-order valence-electron chi connectivity index (χ4n) is 9.64. The lowest BCUT2D eigenvalue weighted by atomic mass is 10.00. The lowest BCUT2D eigenvalue weighted by Gasteiger charge is -2.36. The van der Waals surface area contributed by atoms with Gasteiger partial charge in [-0.2, -0.15) is 5.10 Å². The van der Waals surface area contributed by atoms with Crippen molar-refractivity contribution in [2.24, 2.45) is 5.92 Å². The molecule has 3 aromatic rings. The van der Waals surface area contributed by atoms with Crippen molar-refractivity contribution in [3.8, 4) is 5.69 Å². The standard InChI is InChI=1S/C31H46N6O4.C19H29N3O2.C2H6/c1-24-21-25(2)37(33-24)27-10-6-9-26(22-27)34-17-19-35(20-18-34)30(40)14-7-12-29(39)32-15-5-3-4-13-31(41)36-16-8-11-28(36)23-38;1-24-18(23)5-3-12-22-13-10-15(14-22)6-8-17-9-7-16-4-2-11-20-19(16)21-17;1-2/h6,9-10,21-22,28,38H,3-5,7-8,11-20,23H2,1-2H3,(H,32,39);7,9,15H,2-6,8,10-14H2,1H3,(H,20,21);1-2H3. The highest BCUT2D eigenvalue weighted by Gasteiger charge is 2.28. The first-order chi connectivity index (χ1) is 32.6. The summed E-state index contributed by atoms with van der Waals surface area (Å²) in [4.78, 5) is 61.7. The summed E-state index contributed by atoms with van der Waals surface area (Å²) in [6.07, 6.45) is 13.5. The Morgan fingerprint density at radius 2 is 1.63 bits per heavy atom. The average molecular weight is 928 g/mol.